The summed E-state index contributed by atoms with van der Waals surface area (Å²) in [5.41, 5.74) is 0.509. The van der Waals surface area contributed by atoms with Gasteiger partial charge in [-0.3, -0.25) is 4.79 Å². The van der Waals surface area contributed by atoms with E-state index in [2.05, 4.69) is 17.3 Å². The lowest BCUT2D eigenvalue weighted by Gasteiger charge is -2.29. The highest BCUT2D eigenvalue weighted by Crippen LogP contribution is 2.21. The van der Waals surface area contributed by atoms with E-state index in [1.165, 1.54) is 16.4 Å². The molecule has 0 atom stereocenters. The molecule has 1 aromatic rings. The average molecular weight is 351 g/mol. The zero-order valence-corrected chi connectivity index (χ0v) is 14.9. The SMILES string of the molecule is CN1CCC(NC(=O)c2ccc(S(=O)(=O)N3CCCC3)cc2)CC1. The molecule has 1 aromatic carbocycles. The van der Waals surface area contributed by atoms with Crippen molar-refractivity contribution < 1.29 is 13.2 Å². The average Bonchev–Trinajstić information content (AvgIpc) is 3.12. The molecule has 0 spiro atoms. The van der Waals surface area contributed by atoms with Crippen LogP contribution in [0.5, 0.6) is 0 Å². The predicted molar refractivity (Wildman–Crippen MR) is 92.4 cm³/mol. The zero-order valence-electron chi connectivity index (χ0n) is 14.1. The van der Waals surface area contributed by atoms with Crippen molar-refractivity contribution >= 4 is 15.9 Å². The van der Waals surface area contributed by atoms with Crippen molar-refractivity contribution in [2.45, 2.75) is 36.6 Å². The highest BCUT2D eigenvalue weighted by molar-refractivity contribution is 7.89. The van der Waals surface area contributed by atoms with Gasteiger partial charge in [-0.2, -0.15) is 4.31 Å². The number of sulfonamides is 1. The summed E-state index contributed by atoms with van der Waals surface area (Å²) in [6.45, 7) is 3.14. The Morgan fingerprint density at radius 2 is 1.62 bits per heavy atom. The maximum absolute atomic E-state index is 12.5. The molecule has 2 heterocycles. The standard InChI is InChI=1S/C17H25N3O3S/c1-19-12-8-15(9-13-19)18-17(21)14-4-6-16(7-5-14)24(22,23)20-10-2-3-11-20/h4-7,15H,2-3,8-13H2,1H3,(H,18,21). The summed E-state index contributed by atoms with van der Waals surface area (Å²) >= 11 is 0. The number of benzene rings is 1. The van der Waals surface area contributed by atoms with E-state index in [-0.39, 0.29) is 16.8 Å². The van der Waals surface area contributed by atoms with Gasteiger partial charge in [0.25, 0.3) is 5.91 Å². The number of nitrogens with zero attached hydrogens (tertiary/aromatic N) is 2. The predicted octanol–water partition coefficient (Wildman–Crippen LogP) is 1.30. The summed E-state index contributed by atoms with van der Waals surface area (Å²) in [5.74, 6) is -0.130. The Bertz CT molecular complexity index is 674. The molecule has 1 N–H and O–H groups in total. The smallest absolute Gasteiger partial charge is 0.251 e. The van der Waals surface area contributed by atoms with Gasteiger partial charge in [-0.05, 0) is 70.1 Å². The molecule has 0 radical (unpaired) electrons. The van der Waals surface area contributed by atoms with Crippen molar-refractivity contribution in [3.8, 4) is 0 Å². The van der Waals surface area contributed by atoms with E-state index in [0.717, 1.165) is 38.8 Å². The number of carbonyl (C=O) groups excluding carboxylic acids is 1. The largest absolute Gasteiger partial charge is 0.349 e. The summed E-state index contributed by atoms with van der Waals surface area (Å²) in [6, 6.07) is 6.48. The van der Waals surface area contributed by atoms with E-state index in [1.807, 2.05) is 0 Å². The van der Waals surface area contributed by atoms with Crippen LogP contribution in [0, 0.1) is 0 Å². The van der Waals surface area contributed by atoms with Gasteiger partial charge in [0.15, 0.2) is 0 Å². The summed E-state index contributed by atoms with van der Waals surface area (Å²) in [4.78, 5) is 14.8. The van der Waals surface area contributed by atoms with Gasteiger partial charge in [0.05, 0.1) is 4.90 Å². The van der Waals surface area contributed by atoms with Gasteiger partial charge in [-0.15, -0.1) is 0 Å². The molecule has 24 heavy (non-hydrogen) atoms. The lowest BCUT2D eigenvalue weighted by molar-refractivity contribution is 0.0916. The van der Waals surface area contributed by atoms with Crippen molar-refractivity contribution in [1.82, 2.24) is 14.5 Å². The molecule has 0 saturated carbocycles. The third kappa shape index (κ3) is 3.79. The number of amides is 1. The van der Waals surface area contributed by atoms with Gasteiger partial charge < -0.3 is 10.2 Å². The quantitative estimate of drug-likeness (QED) is 0.888. The summed E-state index contributed by atoms with van der Waals surface area (Å²) in [7, 11) is -1.34. The first-order valence-electron chi connectivity index (χ1n) is 8.56. The summed E-state index contributed by atoms with van der Waals surface area (Å²) in [6.07, 6.45) is 3.72. The highest BCUT2D eigenvalue weighted by atomic mass is 32.2. The molecule has 6 nitrogen and oxygen atoms in total. The zero-order chi connectivity index (χ0) is 17.2. The van der Waals surface area contributed by atoms with E-state index in [1.54, 1.807) is 12.1 Å². The van der Waals surface area contributed by atoms with Crippen LogP contribution in [0.25, 0.3) is 0 Å². The highest BCUT2D eigenvalue weighted by Gasteiger charge is 2.27. The van der Waals surface area contributed by atoms with E-state index < -0.39 is 10.0 Å². The van der Waals surface area contributed by atoms with Gasteiger partial charge in [-0.1, -0.05) is 0 Å². The molecule has 1 amide bonds. The minimum absolute atomic E-state index is 0.130. The number of hydrogen-bond donors (Lipinski definition) is 1. The van der Waals surface area contributed by atoms with E-state index >= 15 is 0 Å². The molecule has 0 bridgehead atoms. The molecule has 0 unspecified atom stereocenters. The Morgan fingerprint density at radius 1 is 1.04 bits per heavy atom. The first-order chi connectivity index (χ1) is 11.5. The molecule has 0 aliphatic carbocycles. The van der Waals surface area contributed by atoms with Gasteiger partial charge >= 0.3 is 0 Å². The number of carbonyl (C=O) groups is 1. The molecule has 3 rings (SSSR count). The monoisotopic (exact) mass is 351 g/mol. The van der Waals surface area contributed by atoms with Crippen LogP contribution in [0.15, 0.2) is 29.2 Å². The molecule has 0 aromatic heterocycles. The molecular formula is C17H25N3O3S. The van der Waals surface area contributed by atoms with E-state index in [9.17, 15) is 13.2 Å². The van der Waals surface area contributed by atoms with Crippen LogP contribution in [-0.2, 0) is 10.0 Å². The van der Waals surface area contributed by atoms with Crippen LogP contribution >= 0.6 is 0 Å². The Kier molecular flexibility index (Phi) is 5.22. The number of hydrogen-bond acceptors (Lipinski definition) is 4. The van der Waals surface area contributed by atoms with E-state index in [4.69, 9.17) is 0 Å². The maximum Gasteiger partial charge on any atom is 0.251 e. The number of piperidine rings is 1. The fraction of sp³-hybridized carbons (Fsp3) is 0.588. The van der Waals surface area contributed by atoms with Gasteiger partial charge in [-0.25, -0.2) is 8.42 Å². The molecule has 7 heteroatoms. The van der Waals surface area contributed by atoms with Crippen molar-refractivity contribution in [1.29, 1.82) is 0 Å². The Hall–Kier alpha value is -1.44. The molecule has 2 fully saturated rings. The van der Waals surface area contributed by atoms with Crippen molar-refractivity contribution in [3.05, 3.63) is 29.8 Å². The van der Waals surface area contributed by atoms with Gasteiger partial charge in [0.1, 0.15) is 0 Å². The van der Waals surface area contributed by atoms with Crippen LogP contribution in [0.3, 0.4) is 0 Å². The second-order valence-electron chi connectivity index (χ2n) is 6.69. The van der Waals surface area contributed by atoms with Crippen molar-refractivity contribution in [2.24, 2.45) is 0 Å². The van der Waals surface area contributed by atoms with Crippen LogP contribution in [0.2, 0.25) is 0 Å². The van der Waals surface area contributed by atoms with Crippen LogP contribution in [0.1, 0.15) is 36.0 Å². The Morgan fingerprint density at radius 3 is 2.21 bits per heavy atom. The van der Waals surface area contributed by atoms with Crippen LogP contribution in [0.4, 0.5) is 0 Å². The first-order valence-corrected chi connectivity index (χ1v) is 10.0. The number of nitrogens with one attached hydrogen (secondary N) is 1. The van der Waals surface area contributed by atoms with Crippen molar-refractivity contribution in [2.75, 3.05) is 33.2 Å². The Labute approximate surface area is 143 Å². The maximum atomic E-state index is 12.5. The molecule has 132 valence electrons. The molecule has 2 saturated heterocycles. The second kappa shape index (κ2) is 7.21. The number of rotatable bonds is 4. The normalized spacial score (nSPS) is 21.0. The fourth-order valence-corrected chi connectivity index (χ4v) is 4.79. The minimum atomic E-state index is -3.42. The lowest BCUT2D eigenvalue weighted by Crippen LogP contribution is -2.43. The van der Waals surface area contributed by atoms with Crippen LogP contribution < -0.4 is 5.32 Å². The number of likely N-dealkylation sites (tertiary alicyclic amines) is 1. The summed E-state index contributed by atoms with van der Waals surface area (Å²) < 4.78 is 26.5. The van der Waals surface area contributed by atoms with Gasteiger partial charge in [0.2, 0.25) is 10.0 Å². The van der Waals surface area contributed by atoms with E-state index in [0.29, 0.717) is 18.7 Å². The lowest BCUT2D eigenvalue weighted by atomic mass is 10.0. The molecular weight excluding hydrogens is 326 g/mol. The first kappa shape index (κ1) is 17.4. The van der Waals surface area contributed by atoms with Crippen molar-refractivity contribution in [3.63, 3.8) is 0 Å². The van der Waals surface area contributed by atoms with Crippen LogP contribution in [-0.4, -0.2) is 62.8 Å². The molecule has 2 aliphatic rings. The fourth-order valence-electron chi connectivity index (χ4n) is 3.28. The summed E-state index contributed by atoms with van der Waals surface area (Å²) in [5, 5.41) is 3.04. The minimum Gasteiger partial charge on any atom is -0.349 e. The molecule has 2 aliphatic heterocycles. The van der Waals surface area contributed by atoms with Gasteiger partial charge in [0, 0.05) is 24.7 Å². The third-order valence-electron chi connectivity index (χ3n) is 4.87. The topological polar surface area (TPSA) is 69.7 Å². The third-order valence-corrected chi connectivity index (χ3v) is 6.79. The second-order valence-corrected chi connectivity index (χ2v) is 8.62. The Balaban J connectivity index is 1.64.